The molecule has 1 aromatic carbocycles. The van der Waals surface area contributed by atoms with E-state index < -0.39 is 0 Å². The molecule has 0 atom stereocenters. The molecule has 0 unspecified atom stereocenters. The Labute approximate surface area is 135 Å². The smallest absolute Gasteiger partial charge is 0.191 e. The van der Waals surface area contributed by atoms with Gasteiger partial charge in [-0.25, -0.2) is 4.98 Å². The lowest BCUT2D eigenvalue weighted by atomic mass is 10.2. The predicted molar refractivity (Wildman–Crippen MR) is 87.6 cm³/mol. The van der Waals surface area contributed by atoms with Crippen LogP contribution in [0.5, 0.6) is 11.5 Å². The van der Waals surface area contributed by atoms with Crippen molar-refractivity contribution in [2.24, 2.45) is 12.0 Å². The van der Waals surface area contributed by atoms with Crippen molar-refractivity contribution in [2.75, 3.05) is 21.3 Å². The Balaban J connectivity index is 1.97. The molecule has 124 valence electrons. The zero-order chi connectivity index (χ0) is 16.7. The highest BCUT2D eigenvalue weighted by atomic mass is 16.5. The van der Waals surface area contributed by atoms with Crippen LogP contribution in [0.15, 0.2) is 29.5 Å². The van der Waals surface area contributed by atoms with Crippen LogP contribution in [0.2, 0.25) is 0 Å². The van der Waals surface area contributed by atoms with Gasteiger partial charge >= 0.3 is 0 Å². The molecule has 2 N–H and O–H groups in total. The topological polar surface area (TPSA) is 85.6 Å². The number of para-hydroxylation sites is 1. The van der Waals surface area contributed by atoms with Crippen molar-refractivity contribution >= 4 is 5.96 Å². The lowest BCUT2D eigenvalue weighted by Crippen LogP contribution is -2.37. The monoisotopic (exact) mass is 318 g/mol. The Morgan fingerprint density at radius 1 is 1.22 bits per heavy atom. The van der Waals surface area contributed by atoms with Crippen molar-refractivity contribution < 1.29 is 9.47 Å². The molecule has 8 heteroatoms. The van der Waals surface area contributed by atoms with Gasteiger partial charge < -0.3 is 20.1 Å². The van der Waals surface area contributed by atoms with Gasteiger partial charge in [-0.05, 0) is 6.07 Å². The molecule has 0 aliphatic rings. The molecule has 2 aromatic rings. The van der Waals surface area contributed by atoms with Crippen LogP contribution in [-0.2, 0) is 20.1 Å². The zero-order valence-electron chi connectivity index (χ0n) is 13.8. The van der Waals surface area contributed by atoms with Gasteiger partial charge in [-0.3, -0.25) is 9.67 Å². The van der Waals surface area contributed by atoms with Gasteiger partial charge in [0.1, 0.15) is 12.2 Å². The summed E-state index contributed by atoms with van der Waals surface area (Å²) in [5.41, 5.74) is 0.980. The molecule has 8 nitrogen and oxygen atoms in total. The van der Waals surface area contributed by atoms with Crippen molar-refractivity contribution in [3.05, 3.63) is 35.9 Å². The summed E-state index contributed by atoms with van der Waals surface area (Å²) in [6.45, 7) is 1.09. The zero-order valence-corrected chi connectivity index (χ0v) is 13.8. The Kier molecular flexibility index (Phi) is 5.79. The Bertz CT molecular complexity index is 668. The average Bonchev–Trinajstić information content (AvgIpc) is 2.99. The predicted octanol–water partition coefficient (Wildman–Crippen LogP) is 0.697. The molecule has 0 saturated carbocycles. The number of rotatable bonds is 6. The third-order valence-electron chi connectivity index (χ3n) is 3.37. The van der Waals surface area contributed by atoms with Gasteiger partial charge in [-0.15, -0.1) is 0 Å². The third-order valence-corrected chi connectivity index (χ3v) is 3.37. The van der Waals surface area contributed by atoms with Crippen LogP contribution in [0.25, 0.3) is 0 Å². The molecule has 23 heavy (non-hydrogen) atoms. The Morgan fingerprint density at radius 3 is 2.61 bits per heavy atom. The summed E-state index contributed by atoms with van der Waals surface area (Å²) in [7, 11) is 6.81. The second kappa shape index (κ2) is 8.02. The molecule has 1 aromatic heterocycles. The summed E-state index contributed by atoms with van der Waals surface area (Å²) >= 11 is 0. The molecule has 0 saturated heterocycles. The van der Waals surface area contributed by atoms with E-state index in [1.54, 1.807) is 25.9 Å². The minimum Gasteiger partial charge on any atom is -0.493 e. The summed E-state index contributed by atoms with van der Waals surface area (Å²) in [6, 6.07) is 5.77. The first-order valence-corrected chi connectivity index (χ1v) is 7.16. The maximum atomic E-state index is 5.42. The molecule has 0 aliphatic carbocycles. The van der Waals surface area contributed by atoms with Crippen LogP contribution in [0, 0.1) is 0 Å². The van der Waals surface area contributed by atoms with Gasteiger partial charge in [-0.1, -0.05) is 12.1 Å². The fraction of sp³-hybridized carbons (Fsp3) is 0.400. The van der Waals surface area contributed by atoms with E-state index in [0.717, 1.165) is 11.4 Å². The van der Waals surface area contributed by atoms with Gasteiger partial charge in [0.05, 0.1) is 20.8 Å². The highest BCUT2D eigenvalue weighted by Crippen LogP contribution is 2.30. The summed E-state index contributed by atoms with van der Waals surface area (Å²) < 4.78 is 12.4. The number of benzene rings is 1. The van der Waals surface area contributed by atoms with Crippen molar-refractivity contribution in [3.63, 3.8) is 0 Å². The second-order valence-corrected chi connectivity index (χ2v) is 4.73. The van der Waals surface area contributed by atoms with Crippen LogP contribution < -0.4 is 20.1 Å². The van der Waals surface area contributed by atoms with Gasteiger partial charge in [0.2, 0.25) is 0 Å². The van der Waals surface area contributed by atoms with E-state index >= 15 is 0 Å². The average molecular weight is 318 g/mol. The third kappa shape index (κ3) is 4.12. The SMILES string of the molecule is CN=C(NCc1cccc(OC)c1OC)NCc1ncnn1C. The summed E-state index contributed by atoms with van der Waals surface area (Å²) in [5.74, 6) is 2.91. The number of nitrogens with zero attached hydrogens (tertiary/aromatic N) is 4. The quantitative estimate of drug-likeness (QED) is 0.602. The summed E-state index contributed by atoms with van der Waals surface area (Å²) in [4.78, 5) is 8.36. The summed E-state index contributed by atoms with van der Waals surface area (Å²) in [5, 5.41) is 10.5. The number of hydrogen-bond acceptors (Lipinski definition) is 5. The van der Waals surface area contributed by atoms with E-state index in [4.69, 9.17) is 9.47 Å². The number of aryl methyl sites for hydroxylation is 1. The van der Waals surface area contributed by atoms with Gasteiger partial charge in [0, 0.05) is 26.2 Å². The first kappa shape index (κ1) is 16.6. The second-order valence-electron chi connectivity index (χ2n) is 4.73. The normalized spacial score (nSPS) is 11.2. The first-order valence-electron chi connectivity index (χ1n) is 7.16. The van der Waals surface area contributed by atoms with Crippen molar-refractivity contribution in [1.29, 1.82) is 0 Å². The van der Waals surface area contributed by atoms with Crippen LogP contribution >= 0.6 is 0 Å². The maximum absolute atomic E-state index is 5.42. The molecule has 0 spiro atoms. The number of methoxy groups -OCH3 is 2. The minimum atomic E-state index is 0.533. The standard InChI is InChI=1S/C15H22N6O2/c1-16-15(18-9-13-19-10-20-21(13)2)17-8-11-6-5-7-12(22-3)14(11)23-4/h5-7,10H,8-9H2,1-4H3,(H2,16,17,18). The highest BCUT2D eigenvalue weighted by Gasteiger charge is 2.10. The molecule has 1 heterocycles. The summed E-state index contributed by atoms with van der Waals surface area (Å²) in [6.07, 6.45) is 1.52. The molecular formula is C15H22N6O2. The van der Waals surface area contributed by atoms with Gasteiger partial charge in [0.15, 0.2) is 17.5 Å². The molecular weight excluding hydrogens is 296 g/mol. The minimum absolute atomic E-state index is 0.533. The first-order chi connectivity index (χ1) is 11.2. The molecule has 0 bridgehead atoms. The lowest BCUT2D eigenvalue weighted by molar-refractivity contribution is 0.351. The van der Waals surface area contributed by atoms with Crippen LogP contribution in [0.1, 0.15) is 11.4 Å². The van der Waals surface area contributed by atoms with Crippen molar-refractivity contribution in [3.8, 4) is 11.5 Å². The number of aliphatic imine (C=N–C) groups is 1. The van der Waals surface area contributed by atoms with Gasteiger partial charge in [-0.2, -0.15) is 5.10 Å². The van der Waals surface area contributed by atoms with E-state index in [9.17, 15) is 0 Å². The fourth-order valence-electron chi connectivity index (χ4n) is 2.14. The molecule has 0 radical (unpaired) electrons. The number of nitrogens with one attached hydrogen (secondary N) is 2. The molecule has 0 aliphatic heterocycles. The number of aromatic nitrogens is 3. The van der Waals surface area contributed by atoms with Gasteiger partial charge in [0.25, 0.3) is 0 Å². The molecule has 0 fully saturated rings. The van der Waals surface area contributed by atoms with Crippen molar-refractivity contribution in [1.82, 2.24) is 25.4 Å². The van der Waals surface area contributed by atoms with E-state index in [2.05, 4.69) is 25.7 Å². The van der Waals surface area contributed by atoms with E-state index in [1.165, 1.54) is 6.33 Å². The van der Waals surface area contributed by atoms with Crippen LogP contribution in [-0.4, -0.2) is 42.0 Å². The van der Waals surface area contributed by atoms with E-state index in [-0.39, 0.29) is 0 Å². The molecule has 2 rings (SSSR count). The highest BCUT2D eigenvalue weighted by molar-refractivity contribution is 5.79. The van der Waals surface area contributed by atoms with E-state index in [1.807, 2.05) is 25.2 Å². The van der Waals surface area contributed by atoms with E-state index in [0.29, 0.717) is 30.5 Å². The van der Waals surface area contributed by atoms with Crippen LogP contribution in [0.4, 0.5) is 0 Å². The lowest BCUT2D eigenvalue weighted by Gasteiger charge is -2.15. The van der Waals surface area contributed by atoms with Crippen molar-refractivity contribution in [2.45, 2.75) is 13.1 Å². The molecule has 0 amide bonds. The number of hydrogen-bond donors (Lipinski definition) is 2. The largest absolute Gasteiger partial charge is 0.493 e. The fourth-order valence-corrected chi connectivity index (χ4v) is 2.14. The maximum Gasteiger partial charge on any atom is 0.191 e. The Hall–Kier alpha value is -2.77. The van der Waals surface area contributed by atoms with Crippen LogP contribution in [0.3, 0.4) is 0 Å². The number of ether oxygens (including phenoxy) is 2. The Morgan fingerprint density at radius 2 is 2.00 bits per heavy atom. The number of guanidine groups is 1.